The van der Waals surface area contributed by atoms with Crippen molar-refractivity contribution in [3.05, 3.63) is 24.3 Å². The number of para-hydroxylation sites is 2. The molecule has 104 valence electrons. The Morgan fingerprint density at radius 2 is 2.00 bits per heavy atom. The van der Waals surface area contributed by atoms with Crippen molar-refractivity contribution in [1.29, 1.82) is 0 Å². The fourth-order valence-corrected chi connectivity index (χ4v) is 2.98. The third kappa shape index (κ3) is 2.67. The first kappa shape index (κ1) is 13.7. The molecule has 0 aliphatic heterocycles. The van der Waals surface area contributed by atoms with Crippen LogP contribution in [-0.4, -0.2) is 31.8 Å². The van der Waals surface area contributed by atoms with E-state index >= 15 is 0 Å². The average Bonchev–Trinajstić information content (AvgIpc) is 2.88. The van der Waals surface area contributed by atoms with Gasteiger partial charge < -0.3 is 14.7 Å². The zero-order valence-electron chi connectivity index (χ0n) is 11.6. The molecule has 1 aliphatic rings. The van der Waals surface area contributed by atoms with E-state index in [1.165, 1.54) is 0 Å². The van der Waals surface area contributed by atoms with Gasteiger partial charge in [0.05, 0.1) is 18.2 Å². The molecule has 0 spiro atoms. The molecule has 0 radical (unpaired) electrons. The molecular formula is C15H21NO3. The van der Waals surface area contributed by atoms with E-state index in [1.54, 1.807) is 7.11 Å². The molecule has 0 unspecified atom stereocenters. The van der Waals surface area contributed by atoms with Crippen LogP contribution in [0.3, 0.4) is 0 Å². The predicted octanol–water partition coefficient (Wildman–Crippen LogP) is 2.78. The number of aliphatic carboxylic acids is 1. The highest BCUT2D eigenvalue weighted by Crippen LogP contribution is 2.40. The van der Waals surface area contributed by atoms with Crippen LogP contribution in [0, 0.1) is 5.41 Å². The zero-order valence-corrected chi connectivity index (χ0v) is 11.6. The first-order valence-electron chi connectivity index (χ1n) is 6.67. The van der Waals surface area contributed by atoms with Gasteiger partial charge in [-0.05, 0) is 25.0 Å². The minimum absolute atomic E-state index is 0.530. The molecule has 0 amide bonds. The van der Waals surface area contributed by atoms with Crippen molar-refractivity contribution in [2.24, 2.45) is 5.41 Å². The van der Waals surface area contributed by atoms with E-state index < -0.39 is 11.4 Å². The molecule has 1 aromatic rings. The fourth-order valence-electron chi connectivity index (χ4n) is 2.98. The number of carboxylic acid groups (broad SMARTS) is 1. The average molecular weight is 263 g/mol. The summed E-state index contributed by atoms with van der Waals surface area (Å²) >= 11 is 0. The third-order valence-corrected chi connectivity index (χ3v) is 4.05. The first-order valence-corrected chi connectivity index (χ1v) is 6.67. The topological polar surface area (TPSA) is 49.8 Å². The van der Waals surface area contributed by atoms with Gasteiger partial charge in [0.2, 0.25) is 0 Å². The molecule has 2 rings (SSSR count). The van der Waals surface area contributed by atoms with Gasteiger partial charge in [0.1, 0.15) is 5.75 Å². The van der Waals surface area contributed by atoms with Gasteiger partial charge in [-0.15, -0.1) is 0 Å². The Labute approximate surface area is 114 Å². The van der Waals surface area contributed by atoms with Gasteiger partial charge in [-0.3, -0.25) is 4.79 Å². The van der Waals surface area contributed by atoms with Gasteiger partial charge in [0, 0.05) is 13.6 Å². The molecular weight excluding hydrogens is 242 g/mol. The Balaban J connectivity index is 2.20. The van der Waals surface area contributed by atoms with Gasteiger partial charge in [0.25, 0.3) is 0 Å². The number of hydrogen-bond donors (Lipinski definition) is 1. The second kappa shape index (κ2) is 5.51. The predicted molar refractivity (Wildman–Crippen MR) is 74.8 cm³/mol. The number of ether oxygens (including phenoxy) is 1. The number of anilines is 1. The summed E-state index contributed by atoms with van der Waals surface area (Å²) in [5.74, 6) is 0.107. The van der Waals surface area contributed by atoms with Gasteiger partial charge in [-0.1, -0.05) is 25.0 Å². The van der Waals surface area contributed by atoms with Gasteiger partial charge in [0.15, 0.2) is 0 Å². The molecule has 0 saturated heterocycles. The summed E-state index contributed by atoms with van der Waals surface area (Å²) in [6, 6.07) is 7.71. The zero-order chi connectivity index (χ0) is 13.9. The second-order valence-electron chi connectivity index (χ2n) is 5.32. The van der Waals surface area contributed by atoms with Crippen molar-refractivity contribution in [3.8, 4) is 5.75 Å². The summed E-state index contributed by atoms with van der Waals surface area (Å²) in [5, 5.41) is 9.53. The van der Waals surface area contributed by atoms with E-state index in [0.29, 0.717) is 6.54 Å². The summed E-state index contributed by atoms with van der Waals surface area (Å²) in [6.07, 6.45) is 3.54. The van der Waals surface area contributed by atoms with Gasteiger partial charge in [-0.25, -0.2) is 0 Å². The molecule has 1 N–H and O–H groups in total. The highest BCUT2D eigenvalue weighted by molar-refractivity contribution is 5.76. The maximum absolute atomic E-state index is 11.6. The van der Waals surface area contributed by atoms with E-state index in [4.69, 9.17) is 4.74 Å². The molecule has 19 heavy (non-hydrogen) atoms. The molecule has 1 aliphatic carbocycles. The normalized spacial score (nSPS) is 17.2. The lowest BCUT2D eigenvalue weighted by atomic mass is 9.85. The highest BCUT2D eigenvalue weighted by atomic mass is 16.5. The maximum Gasteiger partial charge on any atom is 0.311 e. The van der Waals surface area contributed by atoms with Crippen LogP contribution in [0.4, 0.5) is 5.69 Å². The Morgan fingerprint density at radius 1 is 1.37 bits per heavy atom. The Hall–Kier alpha value is -1.71. The summed E-state index contributed by atoms with van der Waals surface area (Å²) in [4.78, 5) is 13.6. The van der Waals surface area contributed by atoms with Crippen LogP contribution in [0.2, 0.25) is 0 Å². The number of nitrogens with zero attached hydrogens (tertiary/aromatic N) is 1. The Bertz CT molecular complexity index is 452. The Morgan fingerprint density at radius 3 is 2.58 bits per heavy atom. The maximum atomic E-state index is 11.6. The van der Waals surface area contributed by atoms with Gasteiger partial charge in [-0.2, -0.15) is 0 Å². The summed E-state index contributed by atoms with van der Waals surface area (Å²) in [6.45, 7) is 0.530. The number of methoxy groups -OCH3 is 1. The summed E-state index contributed by atoms with van der Waals surface area (Å²) in [7, 11) is 3.57. The van der Waals surface area contributed by atoms with Crippen LogP contribution in [0.5, 0.6) is 5.75 Å². The molecule has 4 nitrogen and oxygen atoms in total. The number of benzene rings is 1. The van der Waals surface area contributed by atoms with Crippen molar-refractivity contribution >= 4 is 11.7 Å². The molecule has 1 saturated carbocycles. The van der Waals surface area contributed by atoms with Crippen LogP contribution in [-0.2, 0) is 4.79 Å². The lowest BCUT2D eigenvalue weighted by molar-refractivity contribution is -0.148. The van der Waals surface area contributed by atoms with E-state index in [9.17, 15) is 9.90 Å². The minimum Gasteiger partial charge on any atom is -0.495 e. The van der Waals surface area contributed by atoms with Gasteiger partial charge >= 0.3 is 5.97 Å². The van der Waals surface area contributed by atoms with Crippen LogP contribution in [0.1, 0.15) is 25.7 Å². The summed E-state index contributed by atoms with van der Waals surface area (Å²) in [5.41, 5.74) is 0.341. The third-order valence-electron chi connectivity index (χ3n) is 4.05. The standard InChI is InChI=1S/C15H21NO3/c1-16(12-7-3-4-8-13(12)19-2)11-15(14(17)18)9-5-6-10-15/h3-4,7-8H,5-6,9-11H2,1-2H3,(H,17,18). The SMILES string of the molecule is COc1ccccc1N(C)CC1(C(=O)O)CCCC1. The number of carbonyl (C=O) groups is 1. The fraction of sp³-hybridized carbons (Fsp3) is 0.533. The van der Waals surface area contributed by atoms with Crippen LogP contribution >= 0.6 is 0 Å². The van der Waals surface area contributed by atoms with Crippen molar-refractivity contribution in [2.45, 2.75) is 25.7 Å². The van der Waals surface area contributed by atoms with E-state index in [-0.39, 0.29) is 0 Å². The summed E-state index contributed by atoms with van der Waals surface area (Å²) < 4.78 is 5.34. The minimum atomic E-state index is -0.674. The van der Waals surface area contributed by atoms with E-state index in [2.05, 4.69) is 0 Å². The lowest BCUT2D eigenvalue weighted by Gasteiger charge is -2.31. The monoisotopic (exact) mass is 263 g/mol. The second-order valence-corrected chi connectivity index (χ2v) is 5.32. The first-order chi connectivity index (χ1) is 9.09. The van der Waals surface area contributed by atoms with Crippen molar-refractivity contribution in [2.75, 3.05) is 25.6 Å². The van der Waals surface area contributed by atoms with Crippen LogP contribution in [0.15, 0.2) is 24.3 Å². The van der Waals surface area contributed by atoms with Crippen molar-refractivity contribution < 1.29 is 14.6 Å². The van der Waals surface area contributed by atoms with Crippen molar-refractivity contribution in [1.82, 2.24) is 0 Å². The smallest absolute Gasteiger partial charge is 0.311 e. The van der Waals surface area contributed by atoms with Crippen LogP contribution in [0.25, 0.3) is 0 Å². The number of hydrogen-bond acceptors (Lipinski definition) is 3. The lowest BCUT2D eigenvalue weighted by Crippen LogP contribution is -2.40. The van der Waals surface area contributed by atoms with Crippen LogP contribution < -0.4 is 9.64 Å². The largest absolute Gasteiger partial charge is 0.495 e. The molecule has 0 aromatic heterocycles. The van der Waals surface area contributed by atoms with Crippen molar-refractivity contribution in [3.63, 3.8) is 0 Å². The quantitative estimate of drug-likeness (QED) is 0.887. The molecule has 4 heteroatoms. The van der Waals surface area contributed by atoms with E-state index in [0.717, 1.165) is 37.1 Å². The highest BCUT2D eigenvalue weighted by Gasteiger charge is 2.42. The molecule has 0 heterocycles. The molecule has 0 atom stereocenters. The molecule has 1 fully saturated rings. The van der Waals surface area contributed by atoms with E-state index in [1.807, 2.05) is 36.2 Å². The number of carboxylic acids is 1. The molecule has 1 aromatic carbocycles. The number of rotatable bonds is 5. The Kier molecular flexibility index (Phi) is 3.98. The molecule has 0 bridgehead atoms.